The molecule has 0 saturated heterocycles. The van der Waals surface area contributed by atoms with E-state index in [0.29, 0.717) is 12.2 Å². The van der Waals surface area contributed by atoms with E-state index in [1.165, 1.54) is 25.7 Å². The van der Waals surface area contributed by atoms with Crippen LogP contribution < -0.4 is 11.1 Å². The highest BCUT2D eigenvalue weighted by atomic mass is 16.2. The molecule has 3 rings (SSSR count). The van der Waals surface area contributed by atoms with Crippen molar-refractivity contribution in [3.63, 3.8) is 0 Å². The van der Waals surface area contributed by atoms with Crippen molar-refractivity contribution in [2.45, 2.75) is 25.7 Å². The first kappa shape index (κ1) is 13.4. The van der Waals surface area contributed by atoms with Crippen molar-refractivity contribution in [2.24, 2.45) is 11.8 Å². The minimum Gasteiger partial charge on any atom is -0.397 e. The van der Waals surface area contributed by atoms with Gasteiger partial charge in [-0.1, -0.05) is 12.1 Å². The van der Waals surface area contributed by atoms with Gasteiger partial charge in [-0.25, -0.2) is 0 Å². The third-order valence-electron chi connectivity index (χ3n) is 4.03. The molecular formula is C16H23N3O. The number of carbonyl (C=O) groups excluding carboxylic acids is 1. The Balaban J connectivity index is 1.53. The maximum absolute atomic E-state index is 12.2. The van der Waals surface area contributed by atoms with E-state index < -0.39 is 0 Å². The van der Waals surface area contributed by atoms with Gasteiger partial charge < -0.3 is 11.1 Å². The molecule has 1 amide bonds. The van der Waals surface area contributed by atoms with Gasteiger partial charge in [-0.05, 0) is 49.7 Å². The van der Waals surface area contributed by atoms with Gasteiger partial charge in [0.15, 0.2) is 0 Å². The van der Waals surface area contributed by atoms with E-state index in [0.717, 1.165) is 30.6 Å². The Hall–Kier alpha value is -1.55. The monoisotopic (exact) mass is 273 g/mol. The number of hydrogen-bond donors (Lipinski definition) is 2. The lowest BCUT2D eigenvalue weighted by Crippen LogP contribution is -2.36. The maximum Gasteiger partial charge on any atom is 0.238 e. The number of nitrogens with zero attached hydrogens (tertiary/aromatic N) is 1. The van der Waals surface area contributed by atoms with Gasteiger partial charge in [0, 0.05) is 13.1 Å². The molecule has 1 aromatic carbocycles. The summed E-state index contributed by atoms with van der Waals surface area (Å²) in [5.74, 6) is 1.69. The Morgan fingerprint density at radius 1 is 1.15 bits per heavy atom. The zero-order valence-corrected chi connectivity index (χ0v) is 11.8. The molecule has 1 aromatic rings. The molecular weight excluding hydrogens is 250 g/mol. The number of amides is 1. The summed E-state index contributed by atoms with van der Waals surface area (Å²) in [7, 11) is 0. The summed E-state index contributed by atoms with van der Waals surface area (Å²) >= 11 is 0. The topological polar surface area (TPSA) is 58.4 Å². The van der Waals surface area contributed by atoms with Crippen molar-refractivity contribution in [3.8, 4) is 0 Å². The predicted octanol–water partition coefficient (Wildman–Crippen LogP) is 2.33. The van der Waals surface area contributed by atoms with Gasteiger partial charge in [0.05, 0.1) is 17.9 Å². The molecule has 0 heterocycles. The SMILES string of the molecule is Nc1ccccc1NC(=O)CN(CC1CC1)CC1CC1. The van der Waals surface area contributed by atoms with Crippen LogP contribution in [0.1, 0.15) is 25.7 Å². The smallest absolute Gasteiger partial charge is 0.238 e. The molecule has 20 heavy (non-hydrogen) atoms. The number of nitrogens with one attached hydrogen (secondary N) is 1. The van der Waals surface area contributed by atoms with Crippen LogP contribution in [0, 0.1) is 11.8 Å². The summed E-state index contributed by atoms with van der Waals surface area (Å²) in [4.78, 5) is 14.5. The predicted molar refractivity (Wildman–Crippen MR) is 81.4 cm³/mol. The second kappa shape index (κ2) is 5.83. The molecule has 108 valence electrons. The number of para-hydroxylation sites is 2. The molecule has 4 nitrogen and oxygen atoms in total. The largest absolute Gasteiger partial charge is 0.397 e. The first-order chi connectivity index (χ1) is 9.70. The molecule has 0 bridgehead atoms. The molecule has 0 aromatic heterocycles. The lowest BCUT2D eigenvalue weighted by Gasteiger charge is -2.21. The van der Waals surface area contributed by atoms with Gasteiger partial charge in [0.2, 0.25) is 5.91 Å². The van der Waals surface area contributed by atoms with Crippen LogP contribution in [0.5, 0.6) is 0 Å². The standard InChI is InChI=1S/C16H23N3O/c17-14-3-1-2-4-15(14)18-16(20)11-19(9-12-5-6-12)10-13-7-8-13/h1-4,12-13H,5-11,17H2,(H,18,20). The van der Waals surface area contributed by atoms with E-state index in [1.807, 2.05) is 24.3 Å². The molecule has 2 aliphatic rings. The van der Waals surface area contributed by atoms with Gasteiger partial charge in [0.25, 0.3) is 0 Å². The highest BCUT2D eigenvalue weighted by Gasteiger charge is 2.29. The summed E-state index contributed by atoms with van der Waals surface area (Å²) in [6.45, 7) is 2.64. The second-order valence-corrected chi connectivity index (χ2v) is 6.22. The maximum atomic E-state index is 12.2. The Morgan fingerprint density at radius 3 is 2.30 bits per heavy atom. The fourth-order valence-corrected chi connectivity index (χ4v) is 2.54. The fraction of sp³-hybridized carbons (Fsp3) is 0.562. The second-order valence-electron chi connectivity index (χ2n) is 6.22. The van der Waals surface area contributed by atoms with E-state index in [-0.39, 0.29) is 5.91 Å². The summed E-state index contributed by atoms with van der Waals surface area (Å²) in [6.07, 6.45) is 5.31. The zero-order valence-electron chi connectivity index (χ0n) is 11.8. The van der Waals surface area contributed by atoms with Crippen molar-refractivity contribution < 1.29 is 4.79 Å². The molecule has 0 aliphatic heterocycles. The van der Waals surface area contributed by atoms with Crippen molar-refractivity contribution in [1.29, 1.82) is 0 Å². The van der Waals surface area contributed by atoms with Gasteiger partial charge in [-0.15, -0.1) is 0 Å². The lowest BCUT2D eigenvalue weighted by molar-refractivity contribution is -0.117. The summed E-state index contributed by atoms with van der Waals surface area (Å²) in [6, 6.07) is 7.41. The number of carbonyl (C=O) groups is 1. The van der Waals surface area contributed by atoms with Gasteiger partial charge >= 0.3 is 0 Å². The van der Waals surface area contributed by atoms with Gasteiger partial charge in [-0.2, -0.15) is 0 Å². The van der Waals surface area contributed by atoms with E-state index >= 15 is 0 Å². The summed E-state index contributed by atoms with van der Waals surface area (Å²) in [5, 5.41) is 2.92. The van der Waals surface area contributed by atoms with Gasteiger partial charge in [-0.3, -0.25) is 9.69 Å². The van der Waals surface area contributed by atoms with E-state index in [9.17, 15) is 4.79 Å². The van der Waals surface area contributed by atoms with Crippen LogP contribution >= 0.6 is 0 Å². The first-order valence-corrected chi connectivity index (χ1v) is 7.57. The third kappa shape index (κ3) is 3.97. The van der Waals surface area contributed by atoms with Crippen LogP contribution in [-0.4, -0.2) is 30.4 Å². The Morgan fingerprint density at radius 2 is 1.75 bits per heavy atom. The highest BCUT2D eigenvalue weighted by Crippen LogP contribution is 2.33. The summed E-state index contributed by atoms with van der Waals surface area (Å²) in [5.41, 5.74) is 7.19. The van der Waals surface area contributed by atoms with Crippen molar-refractivity contribution in [2.75, 3.05) is 30.7 Å². The van der Waals surface area contributed by atoms with Crippen LogP contribution in [-0.2, 0) is 4.79 Å². The van der Waals surface area contributed by atoms with E-state index in [2.05, 4.69) is 10.2 Å². The quantitative estimate of drug-likeness (QED) is 0.750. The zero-order chi connectivity index (χ0) is 13.9. The highest BCUT2D eigenvalue weighted by molar-refractivity contribution is 5.95. The minimum atomic E-state index is 0.0456. The van der Waals surface area contributed by atoms with Crippen molar-refractivity contribution in [3.05, 3.63) is 24.3 Å². The first-order valence-electron chi connectivity index (χ1n) is 7.57. The van der Waals surface area contributed by atoms with Crippen LogP contribution in [0.3, 0.4) is 0 Å². The molecule has 2 fully saturated rings. The average Bonchev–Trinajstić information content (AvgIpc) is 3.28. The number of benzene rings is 1. The van der Waals surface area contributed by atoms with E-state index in [4.69, 9.17) is 5.73 Å². The molecule has 4 heteroatoms. The number of rotatable bonds is 7. The fourth-order valence-electron chi connectivity index (χ4n) is 2.54. The number of hydrogen-bond acceptors (Lipinski definition) is 3. The molecule has 2 saturated carbocycles. The van der Waals surface area contributed by atoms with Crippen LogP contribution in [0.2, 0.25) is 0 Å². The molecule has 2 aliphatic carbocycles. The van der Waals surface area contributed by atoms with E-state index in [1.54, 1.807) is 0 Å². The Kier molecular flexibility index (Phi) is 3.92. The number of nitrogens with two attached hydrogens (primary N) is 1. The van der Waals surface area contributed by atoms with Crippen molar-refractivity contribution in [1.82, 2.24) is 4.90 Å². The van der Waals surface area contributed by atoms with Crippen LogP contribution in [0.25, 0.3) is 0 Å². The molecule has 0 atom stereocenters. The minimum absolute atomic E-state index is 0.0456. The van der Waals surface area contributed by atoms with Crippen molar-refractivity contribution >= 4 is 17.3 Å². The number of nitrogen functional groups attached to an aromatic ring is 1. The van der Waals surface area contributed by atoms with Gasteiger partial charge in [0.1, 0.15) is 0 Å². The van der Waals surface area contributed by atoms with Crippen LogP contribution in [0.15, 0.2) is 24.3 Å². The molecule has 3 N–H and O–H groups in total. The average molecular weight is 273 g/mol. The lowest BCUT2D eigenvalue weighted by atomic mass is 10.2. The Labute approximate surface area is 120 Å². The Bertz CT molecular complexity index is 466. The summed E-state index contributed by atoms with van der Waals surface area (Å²) < 4.78 is 0. The van der Waals surface area contributed by atoms with Crippen LogP contribution in [0.4, 0.5) is 11.4 Å². The molecule has 0 unspecified atom stereocenters. The molecule has 0 spiro atoms. The normalized spacial score (nSPS) is 18.2. The third-order valence-corrected chi connectivity index (χ3v) is 4.03. The number of anilines is 2. The molecule has 0 radical (unpaired) electrons.